The van der Waals surface area contributed by atoms with Crippen LogP contribution >= 0.6 is 11.6 Å². The van der Waals surface area contributed by atoms with E-state index in [9.17, 15) is 9.18 Å². The molecule has 0 spiro atoms. The molecule has 9 heteroatoms. The molecule has 0 aliphatic carbocycles. The number of rotatable bonds is 8. The number of fused-ring (bicyclic) bond motifs is 1. The lowest BCUT2D eigenvalue weighted by Crippen LogP contribution is -2.49. The topological polar surface area (TPSA) is 65.7 Å². The van der Waals surface area contributed by atoms with Crippen molar-refractivity contribution in [1.82, 2.24) is 14.9 Å². The highest BCUT2D eigenvalue weighted by Crippen LogP contribution is 2.32. The van der Waals surface area contributed by atoms with Gasteiger partial charge in [-0.25, -0.2) is 14.4 Å². The summed E-state index contributed by atoms with van der Waals surface area (Å²) >= 11 is 6.52. The second-order valence-corrected chi connectivity index (χ2v) is 10.3. The molecule has 0 bridgehead atoms. The third kappa shape index (κ3) is 5.88. The van der Waals surface area contributed by atoms with E-state index in [1.807, 2.05) is 76.5 Å². The summed E-state index contributed by atoms with van der Waals surface area (Å²) in [6.07, 6.45) is 1.93. The number of piperazine rings is 1. The molecule has 0 radical (unpaired) electrons. The van der Waals surface area contributed by atoms with Gasteiger partial charge >= 0.3 is 0 Å². The van der Waals surface area contributed by atoms with Crippen molar-refractivity contribution in [2.45, 2.75) is 13.0 Å². The van der Waals surface area contributed by atoms with Gasteiger partial charge in [0.05, 0.1) is 29.0 Å². The molecule has 1 amide bonds. The highest BCUT2D eigenvalue weighted by Gasteiger charge is 2.24. The molecule has 208 valence electrons. The third-order valence-electron chi connectivity index (χ3n) is 7.35. The van der Waals surface area contributed by atoms with Gasteiger partial charge in [-0.05, 0) is 48.5 Å². The fraction of sp³-hybridized carbons (Fsp3) is 0.219. The zero-order valence-corrected chi connectivity index (χ0v) is 23.2. The van der Waals surface area contributed by atoms with Gasteiger partial charge in [-0.2, -0.15) is 0 Å². The van der Waals surface area contributed by atoms with Crippen molar-refractivity contribution in [3.63, 3.8) is 0 Å². The second kappa shape index (κ2) is 12.0. The van der Waals surface area contributed by atoms with Crippen LogP contribution in [0.25, 0.3) is 22.3 Å². The molecule has 1 fully saturated rings. The van der Waals surface area contributed by atoms with Crippen LogP contribution in [0.4, 0.5) is 15.9 Å². The molecule has 7 nitrogen and oxygen atoms in total. The molecule has 6 rings (SSSR count). The maximum absolute atomic E-state index is 14.3. The van der Waals surface area contributed by atoms with Gasteiger partial charge in [-0.15, -0.1) is 0 Å². The predicted octanol–water partition coefficient (Wildman–Crippen LogP) is 6.43. The minimum Gasteiger partial charge on any atom is -0.467 e. The van der Waals surface area contributed by atoms with Crippen LogP contribution in [0.5, 0.6) is 0 Å². The summed E-state index contributed by atoms with van der Waals surface area (Å²) in [4.78, 5) is 29.1. The van der Waals surface area contributed by atoms with Crippen molar-refractivity contribution in [1.29, 1.82) is 0 Å². The molecule has 5 aromatic rings. The van der Waals surface area contributed by atoms with E-state index in [0.717, 1.165) is 22.2 Å². The van der Waals surface area contributed by atoms with Gasteiger partial charge in [0.1, 0.15) is 17.4 Å². The maximum atomic E-state index is 14.3. The first kappa shape index (κ1) is 26.8. The van der Waals surface area contributed by atoms with E-state index in [4.69, 9.17) is 26.0 Å². The Hall–Kier alpha value is -4.43. The lowest BCUT2D eigenvalue weighted by molar-refractivity contribution is -0.131. The number of carbonyl (C=O) groups excluding carboxylic acids is 1. The summed E-state index contributed by atoms with van der Waals surface area (Å²) in [5, 5.41) is 1.44. The first-order valence-corrected chi connectivity index (χ1v) is 14.0. The molecule has 1 aliphatic rings. The molecule has 1 saturated heterocycles. The number of furan rings is 1. The quantitative estimate of drug-likeness (QED) is 0.215. The number of hydrogen-bond donors (Lipinski definition) is 0. The van der Waals surface area contributed by atoms with Crippen molar-refractivity contribution < 1.29 is 13.6 Å². The lowest BCUT2D eigenvalue weighted by atomic mass is 10.1. The minimum absolute atomic E-state index is 0.0484. The molecule has 0 unspecified atom stereocenters. The fourth-order valence-corrected chi connectivity index (χ4v) is 5.43. The number of hydrogen-bond acceptors (Lipinski definition) is 6. The van der Waals surface area contributed by atoms with Crippen LogP contribution in [0.1, 0.15) is 12.2 Å². The standard InChI is InChI=1S/C32H29ClFN5O2/c33-26-11-3-1-9-24(26)31-35-28-13-5-2-10-25(28)32(36-31)39(22-23-8-7-21-41-23)16-15-30(40)38-19-17-37(18-20-38)29-14-6-4-12-27(29)34/h1-14,21H,15-20,22H2. The van der Waals surface area contributed by atoms with Gasteiger partial charge in [0.15, 0.2) is 5.82 Å². The first-order valence-electron chi connectivity index (χ1n) is 13.6. The van der Waals surface area contributed by atoms with Crippen molar-refractivity contribution in [3.05, 3.63) is 108 Å². The van der Waals surface area contributed by atoms with Gasteiger partial charge in [-0.3, -0.25) is 4.79 Å². The highest BCUT2D eigenvalue weighted by molar-refractivity contribution is 6.33. The molecule has 0 atom stereocenters. The average molecular weight is 570 g/mol. The monoisotopic (exact) mass is 569 g/mol. The molecule has 1 aliphatic heterocycles. The maximum Gasteiger partial charge on any atom is 0.224 e. The van der Waals surface area contributed by atoms with Crippen LogP contribution < -0.4 is 9.80 Å². The first-order chi connectivity index (χ1) is 20.1. The Morgan fingerprint density at radius 1 is 0.902 bits per heavy atom. The van der Waals surface area contributed by atoms with E-state index in [1.165, 1.54) is 6.07 Å². The van der Waals surface area contributed by atoms with Crippen LogP contribution in [0.3, 0.4) is 0 Å². The van der Waals surface area contributed by atoms with Gasteiger partial charge in [-0.1, -0.05) is 48.0 Å². The zero-order valence-electron chi connectivity index (χ0n) is 22.4. The summed E-state index contributed by atoms with van der Waals surface area (Å²) in [5.74, 6) is 1.79. The summed E-state index contributed by atoms with van der Waals surface area (Å²) < 4.78 is 20.0. The molecule has 41 heavy (non-hydrogen) atoms. The highest BCUT2D eigenvalue weighted by atomic mass is 35.5. The summed E-state index contributed by atoms with van der Waals surface area (Å²) in [6.45, 7) is 3.11. The third-order valence-corrected chi connectivity index (χ3v) is 7.67. The van der Waals surface area contributed by atoms with Gasteiger partial charge < -0.3 is 19.1 Å². The molecule has 3 heterocycles. The Morgan fingerprint density at radius 2 is 1.66 bits per heavy atom. The smallest absolute Gasteiger partial charge is 0.224 e. The normalized spacial score (nSPS) is 13.5. The summed E-state index contributed by atoms with van der Waals surface area (Å²) in [5.41, 5.74) is 2.10. The van der Waals surface area contributed by atoms with Crippen molar-refractivity contribution in [2.24, 2.45) is 0 Å². The average Bonchev–Trinajstić information content (AvgIpc) is 3.52. The van der Waals surface area contributed by atoms with E-state index < -0.39 is 0 Å². The number of anilines is 2. The molecular weight excluding hydrogens is 541 g/mol. The molecule has 0 saturated carbocycles. The second-order valence-electron chi connectivity index (χ2n) is 9.94. The van der Waals surface area contributed by atoms with E-state index in [2.05, 4.69) is 4.90 Å². The Morgan fingerprint density at radius 3 is 2.44 bits per heavy atom. The van der Waals surface area contributed by atoms with Crippen LogP contribution in [0.2, 0.25) is 5.02 Å². The van der Waals surface area contributed by atoms with Crippen molar-refractivity contribution in [2.75, 3.05) is 42.5 Å². The van der Waals surface area contributed by atoms with Crippen LogP contribution in [-0.4, -0.2) is 53.5 Å². The Labute approximate surface area is 242 Å². The number of amides is 1. The molecule has 0 N–H and O–H groups in total. The van der Waals surface area contributed by atoms with Crippen LogP contribution in [0, 0.1) is 5.82 Å². The van der Waals surface area contributed by atoms with E-state index >= 15 is 0 Å². The molecule has 2 aromatic heterocycles. The Balaban J connectivity index is 1.24. The predicted molar refractivity (Wildman–Crippen MR) is 160 cm³/mol. The van der Waals surface area contributed by atoms with Crippen LogP contribution in [0.15, 0.2) is 95.6 Å². The number of aromatic nitrogens is 2. The molecular formula is C32H29ClFN5O2. The zero-order chi connectivity index (χ0) is 28.2. The van der Waals surface area contributed by atoms with Gasteiger partial charge in [0.25, 0.3) is 0 Å². The van der Waals surface area contributed by atoms with Crippen LogP contribution in [-0.2, 0) is 11.3 Å². The number of para-hydroxylation sites is 2. The van der Waals surface area contributed by atoms with E-state index in [1.54, 1.807) is 18.4 Å². The van der Waals surface area contributed by atoms with Gasteiger partial charge in [0.2, 0.25) is 5.91 Å². The summed E-state index contributed by atoms with van der Waals surface area (Å²) in [6, 6.07) is 25.9. The van der Waals surface area contributed by atoms with Gasteiger partial charge in [0, 0.05) is 50.1 Å². The Bertz CT molecular complexity index is 1650. The van der Waals surface area contributed by atoms with E-state index in [-0.39, 0.29) is 11.7 Å². The van der Waals surface area contributed by atoms with Crippen molar-refractivity contribution in [3.8, 4) is 11.4 Å². The SMILES string of the molecule is O=C(CCN(Cc1ccco1)c1nc(-c2ccccc2Cl)nc2ccccc12)N1CCN(c2ccccc2F)CC1. The largest absolute Gasteiger partial charge is 0.467 e. The summed E-state index contributed by atoms with van der Waals surface area (Å²) in [7, 11) is 0. The van der Waals surface area contributed by atoms with Crippen molar-refractivity contribution >= 4 is 39.9 Å². The number of carbonyl (C=O) groups is 1. The minimum atomic E-state index is -0.242. The van der Waals surface area contributed by atoms with E-state index in [0.29, 0.717) is 68.0 Å². The fourth-order valence-electron chi connectivity index (χ4n) is 5.21. The Kier molecular flexibility index (Phi) is 7.82. The number of benzene rings is 3. The number of nitrogens with zero attached hydrogens (tertiary/aromatic N) is 5. The number of halogens is 2. The molecule has 3 aromatic carbocycles. The lowest BCUT2D eigenvalue weighted by Gasteiger charge is -2.36.